The first-order chi connectivity index (χ1) is 13.5. The molecule has 28 heavy (non-hydrogen) atoms. The molecule has 0 spiro atoms. The number of aryl methyl sites for hydroxylation is 1. The van der Waals surface area contributed by atoms with Crippen LogP contribution in [0.4, 0.5) is 10.1 Å². The van der Waals surface area contributed by atoms with Gasteiger partial charge in [0.25, 0.3) is 5.91 Å². The largest absolute Gasteiger partial charge is 0.393 e. The Hall–Kier alpha value is -1.92. The Kier molecular flexibility index (Phi) is 4.43. The van der Waals surface area contributed by atoms with E-state index >= 15 is 0 Å². The van der Waals surface area contributed by atoms with Gasteiger partial charge in [0.05, 0.1) is 16.8 Å². The number of imidazole rings is 1. The van der Waals surface area contributed by atoms with Crippen molar-refractivity contribution in [1.82, 2.24) is 9.55 Å². The number of aliphatic hydroxyl groups excluding tert-OH is 1. The van der Waals surface area contributed by atoms with Crippen molar-refractivity contribution in [2.24, 2.45) is 11.8 Å². The van der Waals surface area contributed by atoms with E-state index in [2.05, 4.69) is 5.32 Å². The molecule has 2 aromatic rings. The summed E-state index contributed by atoms with van der Waals surface area (Å²) in [5, 5.41) is 12.8. The maximum Gasteiger partial charge on any atom is 0.274 e. The van der Waals surface area contributed by atoms with Crippen molar-refractivity contribution in [2.75, 3.05) is 5.32 Å². The van der Waals surface area contributed by atoms with Gasteiger partial charge < -0.3 is 15.0 Å². The molecular formula is C21H23ClFN3O2. The van der Waals surface area contributed by atoms with Crippen molar-refractivity contribution in [3.8, 4) is 0 Å². The van der Waals surface area contributed by atoms with Crippen molar-refractivity contribution in [3.05, 3.63) is 46.3 Å². The van der Waals surface area contributed by atoms with Gasteiger partial charge in [-0.3, -0.25) is 4.79 Å². The molecule has 2 atom stereocenters. The second-order valence-electron chi connectivity index (χ2n) is 8.41. The number of hydrogen-bond donors (Lipinski definition) is 2. The SMILES string of the molecule is O=C(Nc1ccc(F)c(Cl)c1)c1c(C2CC3CC(O)CC3C2)nc2n1CCC2. The number of halogens is 2. The van der Waals surface area contributed by atoms with Crippen LogP contribution in [-0.4, -0.2) is 26.7 Å². The molecule has 7 heteroatoms. The van der Waals surface area contributed by atoms with Gasteiger partial charge in [-0.15, -0.1) is 0 Å². The lowest BCUT2D eigenvalue weighted by Gasteiger charge is -2.14. The zero-order valence-corrected chi connectivity index (χ0v) is 16.3. The first kappa shape index (κ1) is 18.1. The minimum atomic E-state index is -0.509. The van der Waals surface area contributed by atoms with Gasteiger partial charge in [-0.1, -0.05) is 11.6 Å². The van der Waals surface area contributed by atoms with Crippen LogP contribution in [0.2, 0.25) is 5.02 Å². The summed E-state index contributed by atoms with van der Waals surface area (Å²) in [4.78, 5) is 18.0. The maximum atomic E-state index is 13.4. The summed E-state index contributed by atoms with van der Waals surface area (Å²) in [6, 6.07) is 4.20. The number of rotatable bonds is 3. The first-order valence-electron chi connectivity index (χ1n) is 10.0. The van der Waals surface area contributed by atoms with Gasteiger partial charge >= 0.3 is 0 Å². The highest BCUT2D eigenvalue weighted by atomic mass is 35.5. The predicted octanol–water partition coefficient (Wildman–Crippen LogP) is 4.14. The number of anilines is 1. The number of aliphatic hydroxyl groups is 1. The molecule has 5 rings (SSSR count). The van der Waals surface area contributed by atoms with Crippen molar-refractivity contribution in [2.45, 2.75) is 57.1 Å². The standard InChI is InChI=1S/C21H23ClFN3O2/c22-16-10-14(3-4-17(16)23)24-21(28)20-19(25-18-2-1-5-26(18)20)13-6-11-8-15(27)9-12(11)7-13/h3-4,10-13,15,27H,1-2,5-9H2,(H,24,28). The summed E-state index contributed by atoms with van der Waals surface area (Å²) in [5.41, 5.74) is 2.00. The van der Waals surface area contributed by atoms with Crippen LogP contribution in [0, 0.1) is 17.7 Å². The molecule has 0 radical (unpaired) electrons. The highest BCUT2D eigenvalue weighted by Crippen LogP contribution is 2.51. The summed E-state index contributed by atoms with van der Waals surface area (Å²) in [6.45, 7) is 0.799. The molecule has 0 bridgehead atoms. The molecule has 2 unspecified atom stereocenters. The van der Waals surface area contributed by atoms with E-state index in [1.54, 1.807) is 0 Å². The second-order valence-corrected chi connectivity index (χ2v) is 8.82. The molecule has 1 aromatic heterocycles. The quantitative estimate of drug-likeness (QED) is 0.809. The fourth-order valence-corrected chi connectivity index (χ4v) is 5.62. The molecule has 0 saturated heterocycles. The molecule has 1 amide bonds. The van der Waals surface area contributed by atoms with Crippen LogP contribution >= 0.6 is 11.6 Å². The van der Waals surface area contributed by atoms with E-state index in [0.717, 1.165) is 56.6 Å². The van der Waals surface area contributed by atoms with E-state index in [4.69, 9.17) is 16.6 Å². The Labute approximate surface area is 167 Å². The van der Waals surface area contributed by atoms with Crippen LogP contribution in [0.1, 0.15) is 60.0 Å². The van der Waals surface area contributed by atoms with Gasteiger partial charge in [-0.25, -0.2) is 9.37 Å². The summed E-state index contributed by atoms with van der Waals surface area (Å²) in [6.07, 6.45) is 5.42. The summed E-state index contributed by atoms with van der Waals surface area (Å²) < 4.78 is 15.5. The lowest BCUT2D eigenvalue weighted by atomic mass is 9.97. The van der Waals surface area contributed by atoms with Crippen LogP contribution in [0.25, 0.3) is 0 Å². The Morgan fingerprint density at radius 1 is 1.25 bits per heavy atom. The van der Waals surface area contributed by atoms with E-state index in [9.17, 15) is 14.3 Å². The first-order valence-corrected chi connectivity index (χ1v) is 10.4. The Bertz CT molecular complexity index is 930. The fraction of sp³-hybridized carbons (Fsp3) is 0.524. The average Bonchev–Trinajstić information content (AvgIpc) is 3.36. The third kappa shape index (κ3) is 3.03. The average molecular weight is 404 g/mol. The summed E-state index contributed by atoms with van der Waals surface area (Å²) in [5.74, 6) is 1.58. The number of carbonyl (C=O) groups is 1. The molecule has 2 fully saturated rings. The highest BCUT2D eigenvalue weighted by molar-refractivity contribution is 6.31. The van der Waals surface area contributed by atoms with Crippen LogP contribution in [0.15, 0.2) is 18.2 Å². The van der Waals surface area contributed by atoms with Crippen LogP contribution in [-0.2, 0) is 13.0 Å². The number of nitrogens with one attached hydrogen (secondary N) is 1. The van der Waals surface area contributed by atoms with E-state index < -0.39 is 5.82 Å². The van der Waals surface area contributed by atoms with E-state index in [1.165, 1.54) is 18.2 Å². The number of hydrogen-bond acceptors (Lipinski definition) is 3. The van der Waals surface area contributed by atoms with Gasteiger partial charge in [-0.2, -0.15) is 0 Å². The molecule has 2 aliphatic carbocycles. The third-order valence-electron chi connectivity index (χ3n) is 6.63. The number of benzene rings is 1. The van der Waals surface area contributed by atoms with Crippen molar-refractivity contribution >= 4 is 23.2 Å². The number of fused-ring (bicyclic) bond motifs is 2. The van der Waals surface area contributed by atoms with Gasteiger partial charge in [0.1, 0.15) is 17.3 Å². The number of aromatic nitrogens is 2. The lowest BCUT2D eigenvalue weighted by Crippen LogP contribution is -2.19. The van der Waals surface area contributed by atoms with Gasteiger partial charge in [0.15, 0.2) is 0 Å². The molecule has 1 aliphatic heterocycles. The Morgan fingerprint density at radius 2 is 2.00 bits per heavy atom. The van der Waals surface area contributed by atoms with Crippen LogP contribution in [0.5, 0.6) is 0 Å². The van der Waals surface area contributed by atoms with Gasteiger partial charge in [0, 0.05) is 24.6 Å². The van der Waals surface area contributed by atoms with Crippen LogP contribution in [0.3, 0.4) is 0 Å². The van der Waals surface area contributed by atoms with Crippen molar-refractivity contribution in [3.63, 3.8) is 0 Å². The second kappa shape index (κ2) is 6.85. The van der Waals surface area contributed by atoms with E-state index in [-0.39, 0.29) is 23.0 Å². The number of nitrogens with zero attached hydrogens (tertiary/aromatic N) is 2. The van der Waals surface area contributed by atoms with Gasteiger partial charge in [0.2, 0.25) is 0 Å². The molecule has 2 N–H and O–H groups in total. The summed E-state index contributed by atoms with van der Waals surface area (Å²) >= 11 is 5.85. The smallest absolute Gasteiger partial charge is 0.274 e. The monoisotopic (exact) mass is 403 g/mol. The molecule has 148 valence electrons. The maximum absolute atomic E-state index is 13.4. The van der Waals surface area contributed by atoms with Crippen LogP contribution < -0.4 is 5.32 Å². The van der Waals surface area contributed by atoms with Crippen molar-refractivity contribution in [1.29, 1.82) is 0 Å². The molecule has 2 heterocycles. The van der Waals surface area contributed by atoms with Crippen molar-refractivity contribution < 1.29 is 14.3 Å². The Morgan fingerprint density at radius 3 is 2.71 bits per heavy atom. The number of carbonyl (C=O) groups excluding carboxylic acids is 1. The zero-order chi connectivity index (χ0) is 19.4. The fourth-order valence-electron chi connectivity index (χ4n) is 5.44. The normalized spacial score (nSPS) is 28.4. The van der Waals surface area contributed by atoms with Gasteiger partial charge in [-0.05, 0) is 62.1 Å². The zero-order valence-electron chi connectivity index (χ0n) is 15.5. The lowest BCUT2D eigenvalue weighted by molar-refractivity contribution is 0.101. The van der Waals surface area contributed by atoms with E-state index in [0.29, 0.717) is 23.2 Å². The minimum Gasteiger partial charge on any atom is -0.393 e. The topological polar surface area (TPSA) is 67.2 Å². The molecule has 2 saturated carbocycles. The summed E-state index contributed by atoms with van der Waals surface area (Å²) in [7, 11) is 0. The minimum absolute atomic E-state index is 0.0151. The highest BCUT2D eigenvalue weighted by Gasteiger charge is 2.44. The van der Waals surface area contributed by atoms with E-state index in [1.807, 2.05) is 4.57 Å². The molecule has 5 nitrogen and oxygen atoms in total. The Balaban J connectivity index is 1.44. The molecular weight excluding hydrogens is 381 g/mol. The molecule has 1 aromatic carbocycles. The number of amides is 1. The molecule has 3 aliphatic rings. The third-order valence-corrected chi connectivity index (χ3v) is 6.92. The predicted molar refractivity (Wildman–Crippen MR) is 104 cm³/mol.